The van der Waals surface area contributed by atoms with E-state index in [1.54, 1.807) is 28.4 Å². The first-order valence-corrected chi connectivity index (χ1v) is 5.34. The Kier molecular flexibility index (Phi) is 2.69. The highest BCUT2D eigenvalue weighted by molar-refractivity contribution is 7.13. The van der Waals surface area contributed by atoms with Gasteiger partial charge in [-0.05, 0) is 0 Å². The normalized spacial score (nSPS) is 10.4. The van der Waals surface area contributed by atoms with Gasteiger partial charge in [-0.2, -0.15) is 5.10 Å². The Morgan fingerprint density at radius 3 is 3.07 bits per heavy atom. The molecule has 0 saturated carbocycles. The lowest BCUT2D eigenvalue weighted by atomic mass is 10.5. The topological polar surface area (TPSA) is 42.7 Å². The van der Waals surface area contributed by atoms with Crippen LogP contribution in [0.25, 0.3) is 0 Å². The Morgan fingerprint density at radius 2 is 2.50 bits per heavy atom. The zero-order chi connectivity index (χ0) is 9.97. The third kappa shape index (κ3) is 2.05. The fraction of sp³-hybridized carbons (Fsp3) is 0.250. The maximum absolute atomic E-state index is 5.75. The molecule has 4 nitrogen and oxygen atoms in total. The summed E-state index contributed by atoms with van der Waals surface area (Å²) < 4.78 is 1.76. The molecule has 6 heteroatoms. The summed E-state index contributed by atoms with van der Waals surface area (Å²) in [6.45, 7) is 0.658. The second-order valence-corrected chi connectivity index (χ2v) is 4.04. The Labute approximate surface area is 90.5 Å². The first-order valence-electron chi connectivity index (χ1n) is 4.08. The van der Waals surface area contributed by atoms with E-state index in [2.05, 4.69) is 15.4 Å². The molecule has 0 bridgehead atoms. The summed E-state index contributed by atoms with van der Waals surface area (Å²) in [5, 5.41) is 10.6. The van der Waals surface area contributed by atoms with E-state index in [0.717, 1.165) is 10.8 Å². The smallest absolute Gasteiger partial charge is 0.182 e. The van der Waals surface area contributed by atoms with Crippen LogP contribution in [0.4, 0.5) is 5.13 Å². The maximum Gasteiger partial charge on any atom is 0.182 e. The van der Waals surface area contributed by atoms with Gasteiger partial charge in [-0.3, -0.25) is 4.68 Å². The summed E-state index contributed by atoms with van der Waals surface area (Å²) in [5.74, 6) is 0. The predicted molar refractivity (Wildman–Crippen MR) is 58.0 cm³/mol. The molecule has 0 aromatic carbocycles. The third-order valence-electron chi connectivity index (χ3n) is 1.69. The highest BCUT2D eigenvalue weighted by atomic mass is 35.5. The van der Waals surface area contributed by atoms with Crippen molar-refractivity contribution in [3.63, 3.8) is 0 Å². The van der Waals surface area contributed by atoms with Crippen LogP contribution in [0, 0.1) is 0 Å². The quantitative estimate of drug-likeness (QED) is 0.875. The molecule has 1 N–H and O–H groups in total. The van der Waals surface area contributed by atoms with Crippen LogP contribution in [0.1, 0.15) is 5.69 Å². The van der Waals surface area contributed by atoms with E-state index in [4.69, 9.17) is 11.6 Å². The van der Waals surface area contributed by atoms with E-state index in [9.17, 15) is 0 Å². The van der Waals surface area contributed by atoms with Gasteiger partial charge in [-0.15, -0.1) is 11.3 Å². The molecule has 0 saturated heterocycles. The first kappa shape index (κ1) is 9.48. The van der Waals surface area contributed by atoms with Crippen molar-refractivity contribution in [1.29, 1.82) is 0 Å². The summed E-state index contributed by atoms with van der Waals surface area (Å²) >= 11 is 7.32. The molecular weight excluding hydrogens is 220 g/mol. The minimum atomic E-state index is 0.647. The molecule has 2 aromatic heterocycles. The number of nitrogens with one attached hydrogen (secondary N) is 1. The van der Waals surface area contributed by atoms with Crippen molar-refractivity contribution in [2.45, 2.75) is 6.54 Å². The number of hydrogen-bond donors (Lipinski definition) is 1. The lowest BCUT2D eigenvalue weighted by Gasteiger charge is -1.95. The van der Waals surface area contributed by atoms with Gasteiger partial charge in [-0.25, -0.2) is 4.98 Å². The summed E-state index contributed by atoms with van der Waals surface area (Å²) in [6.07, 6.45) is 3.40. The largest absolute Gasteiger partial charge is 0.365 e. The van der Waals surface area contributed by atoms with E-state index < -0.39 is 0 Å². The predicted octanol–water partition coefficient (Wildman–Crippen LogP) is 2.08. The van der Waals surface area contributed by atoms with E-state index in [1.165, 1.54) is 0 Å². The Bertz CT molecular complexity index is 422. The molecule has 0 unspecified atom stereocenters. The van der Waals surface area contributed by atoms with Gasteiger partial charge >= 0.3 is 0 Å². The van der Waals surface area contributed by atoms with Crippen LogP contribution in [-0.2, 0) is 6.54 Å². The second-order valence-electron chi connectivity index (χ2n) is 2.75. The van der Waals surface area contributed by atoms with Gasteiger partial charge in [0.15, 0.2) is 5.13 Å². The van der Waals surface area contributed by atoms with Gasteiger partial charge in [0.05, 0.1) is 23.5 Å². The zero-order valence-corrected chi connectivity index (χ0v) is 9.14. The molecular formula is C8H9ClN4S. The van der Waals surface area contributed by atoms with Crippen LogP contribution >= 0.6 is 22.9 Å². The van der Waals surface area contributed by atoms with Crippen LogP contribution in [0.15, 0.2) is 17.8 Å². The number of halogens is 1. The Hall–Kier alpha value is -1.07. The molecule has 0 aliphatic rings. The van der Waals surface area contributed by atoms with Crippen molar-refractivity contribution < 1.29 is 0 Å². The molecule has 0 aliphatic carbocycles. The molecule has 0 spiro atoms. The highest BCUT2D eigenvalue weighted by Crippen LogP contribution is 2.15. The minimum absolute atomic E-state index is 0.647. The fourth-order valence-electron chi connectivity index (χ4n) is 1.09. The van der Waals surface area contributed by atoms with Crippen LogP contribution in [-0.4, -0.2) is 21.8 Å². The van der Waals surface area contributed by atoms with E-state index in [-0.39, 0.29) is 0 Å². The van der Waals surface area contributed by atoms with Gasteiger partial charge in [0, 0.05) is 18.6 Å². The van der Waals surface area contributed by atoms with Crippen molar-refractivity contribution in [2.24, 2.45) is 0 Å². The number of anilines is 1. The standard InChI is InChI=1S/C8H9ClN4S/c1-10-8-12-7(5-14-8)4-13-3-6(9)2-11-13/h2-3,5H,4H2,1H3,(H,10,12). The van der Waals surface area contributed by atoms with E-state index in [1.807, 2.05) is 12.4 Å². The number of thiazole rings is 1. The lowest BCUT2D eigenvalue weighted by Crippen LogP contribution is -2.00. The number of rotatable bonds is 3. The number of nitrogens with zero attached hydrogens (tertiary/aromatic N) is 3. The molecule has 0 radical (unpaired) electrons. The summed E-state index contributed by atoms with van der Waals surface area (Å²) in [4.78, 5) is 4.34. The van der Waals surface area contributed by atoms with E-state index in [0.29, 0.717) is 11.6 Å². The molecule has 0 amide bonds. The molecule has 2 aromatic rings. The third-order valence-corrected chi connectivity index (χ3v) is 2.80. The highest BCUT2D eigenvalue weighted by Gasteiger charge is 2.02. The second kappa shape index (κ2) is 3.98. The van der Waals surface area contributed by atoms with Crippen LogP contribution < -0.4 is 5.32 Å². The van der Waals surface area contributed by atoms with Crippen LogP contribution in [0.3, 0.4) is 0 Å². The molecule has 2 heterocycles. The molecule has 2 rings (SSSR count). The lowest BCUT2D eigenvalue weighted by molar-refractivity contribution is 0.676. The SMILES string of the molecule is CNc1nc(Cn2cc(Cl)cn2)cs1. The number of aromatic nitrogens is 3. The van der Waals surface area contributed by atoms with Crippen molar-refractivity contribution in [3.05, 3.63) is 28.5 Å². The summed E-state index contributed by atoms with van der Waals surface area (Å²) in [7, 11) is 1.85. The van der Waals surface area contributed by atoms with Crippen molar-refractivity contribution >= 4 is 28.1 Å². The number of hydrogen-bond acceptors (Lipinski definition) is 4. The van der Waals surface area contributed by atoms with Gasteiger partial charge in [0.1, 0.15) is 0 Å². The van der Waals surface area contributed by atoms with Crippen LogP contribution in [0.2, 0.25) is 5.02 Å². The van der Waals surface area contributed by atoms with Crippen LogP contribution in [0.5, 0.6) is 0 Å². The molecule has 74 valence electrons. The Morgan fingerprint density at radius 1 is 1.64 bits per heavy atom. The average molecular weight is 229 g/mol. The van der Waals surface area contributed by atoms with Gasteiger partial charge in [-0.1, -0.05) is 11.6 Å². The average Bonchev–Trinajstić information content (AvgIpc) is 2.76. The molecule has 0 aliphatic heterocycles. The maximum atomic E-state index is 5.75. The molecule has 0 atom stereocenters. The molecule has 0 fully saturated rings. The summed E-state index contributed by atoms with van der Waals surface area (Å²) in [6, 6.07) is 0. The minimum Gasteiger partial charge on any atom is -0.365 e. The van der Waals surface area contributed by atoms with E-state index >= 15 is 0 Å². The summed E-state index contributed by atoms with van der Waals surface area (Å²) in [5.41, 5.74) is 0.985. The fourth-order valence-corrected chi connectivity index (χ4v) is 1.90. The van der Waals surface area contributed by atoms with Crippen molar-refractivity contribution in [1.82, 2.24) is 14.8 Å². The van der Waals surface area contributed by atoms with Crippen molar-refractivity contribution in [3.8, 4) is 0 Å². The van der Waals surface area contributed by atoms with Gasteiger partial charge in [0.2, 0.25) is 0 Å². The van der Waals surface area contributed by atoms with Crippen molar-refractivity contribution in [2.75, 3.05) is 12.4 Å². The zero-order valence-electron chi connectivity index (χ0n) is 7.57. The monoisotopic (exact) mass is 228 g/mol. The van der Waals surface area contributed by atoms with Gasteiger partial charge in [0.25, 0.3) is 0 Å². The Balaban J connectivity index is 2.10. The molecule has 14 heavy (non-hydrogen) atoms. The van der Waals surface area contributed by atoms with Gasteiger partial charge < -0.3 is 5.32 Å². The first-order chi connectivity index (χ1) is 6.78.